The summed E-state index contributed by atoms with van der Waals surface area (Å²) in [4.78, 5) is 12.4. The zero-order valence-corrected chi connectivity index (χ0v) is 14.0. The minimum atomic E-state index is -0.495. The third-order valence-corrected chi connectivity index (χ3v) is 5.26. The lowest BCUT2D eigenvalue weighted by atomic mass is 9.94. The number of nitrogens with one attached hydrogen (secondary N) is 2. The molecule has 130 valence electrons. The van der Waals surface area contributed by atoms with E-state index in [1.807, 2.05) is 24.3 Å². The number of hydrogen-bond acceptors (Lipinski definition) is 4. The molecule has 2 aliphatic carbocycles. The van der Waals surface area contributed by atoms with Crippen molar-refractivity contribution in [3.8, 4) is 11.5 Å². The van der Waals surface area contributed by atoms with Crippen LogP contribution in [-0.2, 0) is 0 Å². The first-order valence-electron chi connectivity index (χ1n) is 9.10. The summed E-state index contributed by atoms with van der Waals surface area (Å²) in [5.41, 5.74) is 2.16. The topological polar surface area (TPSA) is 76.2 Å². The molecule has 0 saturated heterocycles. The van der Waals surface area contributed by atoms with Crippen LogP contribution >= 0.6 is 0 Å². The van der Waals surface area contributed by atoms with E-state index in [9.17, 15) is 4.79 Å². The van der Waals surface area contributed by atoms with E-state index in [1.54, 1.807) is 0 Å². The lowest BCUT2D eigenvalue weighted by Crippen LogP contribution is -2.40. The molecule has 0 bridgehead atoms. The Morgan fingerprint density at radius 3 is 2.72 bits per heavy atom. The van der Waals surface area contributed by atoms with Gasteiger partial charge >= 0.3 is 0 Å². The lowest BCUT2D eigenvalue weighted by molar-refractivity contribution is -0.105. The molecule has 2 fully saturated rings. The maximum atomic E-state index is 12.4. The molecule has 1 aromatic carbocycles. The highest BCUT2D eigenvalue weighted by Crippen LogP contribution is 2.46. The van der Waals surface area contributed by atoms with Gasteiger partial charge < -0.3 is 14.8 Å². The Morgan fingerprint density at radius 2 is 1.92 bits per heavy atom. The smallest absolute Gasteiger partial charge is 0.276 e. The zero-order chi connectivity index (χ0) is 16.9. The zero-order valence-electron chi connectivity index (χ0n) is 14.0. The molecule has 5 rings (SSSR count). The van der Waals surface area contributed by atoms with Gasteiger partial charge in [0.25, 0.3) is 11.7 Å². The Labute approximate surface area is 145 Å². The number of fused-ring (bicyclic) bond motifs is 1. The van der Waals surface area contributed by atoms with Gasteiger partial charge in [-0.1, -0.05) is 6.42 Å². The van der Waals surface area contributed by atoms with Crippen LogP contribution in [0, 0.1) is 0 Å². The summed E-state index contributed by atoms with van der Waals surface area (Å²) in [5.74, 6) is 1.31. The van der Waals surface area contributed by atoms with Gasteiger partial charge in [-0.05, 0) is 43.9 Å². The number of anilines is 1. The van der Waals surface area contributed by atoms with Crippen molar-refractivity contribution in [2.75, 3.05) is 5.32 Å². The molecule has 2 saturated carbocycles. The SMILES string of the molecule is O=C(Nc1ccc2c(c1)OC1(CCCCC1)O2)c1cc(C2CC2)[nH]n1. The predicted molar refractivity (Wildman–Crippen MR) is 92.0 cm³/mol. The third kappa shape index (κ3) is 2.75. The number of amides is 1. The Bertz CT molecular complexity index is 819. The van der Waals surface area contributed by atoms with Crippen molar-refractivity contribution in [3.05, 3.63) is 35.7 Å². The van der Waals surface area contributed by atoms with Crippen LogP contribution < -0.4 is 14.8 Å². The van der Waals surface area contributed by atoms with E-state index in [0.29, 0.717) is 23.0 Å². The molecule has 1 amide bonds. The second-order valence-electron chi connectivity index (χ2n) is 7.27. The Morgan fingerprint density at radius 1 is 1.12 bits per heavy atom. The summed E-state index contributed by atoms with van der Waals surface area (Å²) < 4.78 is 12.2. The highest BCUT2D eigenvalue weighted by atomic mass is 16.7. The van der Waals surface area contributed by atoms with Crippen molar-refractivity contribution in [2.24, 2.45) is 0 Å². The molecule has 1 aliphatic heterocycles. The molecule has 0 unspecified atom stereocenters. The molecule has 25 heavy (non-hydrogen) atoms. The molecule has 1 aromatic heterocycles. The minimum Gasteiger partial charge on any atom is -0.448 e. The fourth-order valence-electron chi connectivity index (χ4n) is 3.72. The van der Waals surface area contributed by atoms with Crippen molar-refractivity contribution in [2.45, 2.75) is 56.7 Å². The van der Waals surface area contributed by atoms with Gasteiger partial charge in [-0.2, -0.15) is 5.10 Å². The van der Waals surface area contributed by atoms with Gasteiger partial charge in [0.2, 0.25) is 0 Å². The van der Waals surface area contributed by atoms with Crippen LogP contribution in [0.25, 0.3) is 0 Å². The van der Waals surface area contributed by atoms with E-state index in [-0.39, 0.29) is 5.91 Å². The van der Waals surface area contributed by atoms with E-state index in [0.717, 1.165) is 37.1 Å². The Balaban J connectivity index is 1.31. The molecule has 2 aromatic rings. The highest BCUT2D eigenvalue weighted by molar-refractivity contribution is 6.03. The summed E-state index contributed by atoms with van der Waals surface area (Å²) in [6.07, 6.45) is 7.67. The second kappa shape index (κ2) is 5.51. The van der Waals surface area contributed by atoms with Crippen LogP contribution in [0.2, 0.25) is 0 Å². The van der Waals surface area contributed by atoms with Crippen LogP contribution in [0.1, 0.15) is 67.0 Å². The number of carbonyl (C=O) groups excluding carboxylic acids is 1. The van der Waals surface area contributed by atoms with Crippen LogP contribution in [0.15, 0.2) is 24.3 Å². The number of hydrogen-bond donors (Lipinski definition) is 2. The van der Waals surface area contributed by atoms with Crippen LogP contribution in [0.3, 0.4) is 0 Å². The molecule has 2 N–H and O–H groups in total. The van der Waals surface area contributed by atoms with E-state index in [1.165, 1.54) is 19.3 Å². The molecule has 0 radical (unpaired) electrons. The average Bonchev–Trinajstić information content (AvgIpc) is 3.24. The molecule has 6 heteroatoms. The van der Waals surface area contributed by atoms with Gasteiger partial charge in [0, 0.05) is 36.2 Å². The van der Waals surface area contributed by atoms with Gasteiger partial charge in [0.05, 0.1) is 0 Å². The molecular formula is C19H21N3O3. The quantitative estimate of drug-likeness (QED) is 0.887. The van der Waals surface area contributed by atoms with Crippen LogP contribution in [-0.4, -0.2) is 21.9 Å². The Kier molecular flexibility index (Phi) is 3.26. The number of aromatic amines is 1. The number of ether oxygens (including phenoxy) is 2. The van der Waals surface area contributed by atoms with Crippen molar-refractivity contribution < 1.29 is 14.3 Å². The van der Waals surface area contributed by atoms with E-state index in [2.05, 4.69) is 15.5 Å². The monoisotopic (exact) mass is 339 g/mol. The number of carbonyl (C=O) groups is 1. The van der Waals surface area contributed by atoms with Crippen molar-refractivity contribution in [3.63, 3.8) is 0 Å². The fourth-order valence-corrected chi connectivity index (χ4v) is 3.72. The van der Waals surface area contributed by atoms with Crippen LogP contribution in [0.4, 0.5) is 5.69 Å². The first kappa shape index (κ1) is 14.8. The number of H-pyrrole nitrogens is 1. The molecule has 3 aliphatic rings. The van der Waals surface area contributed by atoms with Crippen molar-refractivity contribution in [1.29, 1.82) is 0 Å². The maximum absolute atomic E-state index is 12.4. The van der Waals surface area contributed by atoms with Gasteiger partial charge in [-0.15, -0.1) is 0 Å². The normalized spacial score (nSPS) is 20.6. The van der Waals surface area contributed by atoms with Gasteiger partial charge in [-0.25, -0.2) is 0 Å². The Hall–Kier alpha value is -2.50. The van der Waals surface area contributed by atoms with Crippen molar-refractivity contribution in [1.82, 2.24) is 10.2 Å². The summed E-state index contributed by atoms with van der Waals surface area (Å²) >= 11 is 0. The third-order valence-electron chi connectivity index (χ3n) is 5.26. The van der Waals surface area contributed by atoms with Crippen LogP contribution in [0.5, 0.6) is 11.5 Å². The largest absolute Gasteiger partial charge is 0.448 e. The summed E-state index contributed by atoms with van der Waals surface area (Å²) in [7, 11) is 0. The van der Waals surface area contributed by atoms with Gasteiger partial charge in [0.1, 0.15) is 0 Å². The molecule has 2 heterocycles. The lowest BCUT2D eigenvalue weighted by Gasteiger charge is -2.31. The molecule has 1 spiro atoms. The van der Waals surface area contributed by atoms with Gasteiger partial charge in [0.15, 0.2) is 17.2 Å². The first-order valence-corrected chi connectivity index (χ1v) is 9.10. The fraction of sp³-hybridized carbons (Fsp3) is 0.474. The van der Waals surface area contributed by atoms with E-state index in [4.69, 9.17) is 9.47 Å². The first-order chi connectivity index (χ1) is 12.2. The number of benzene rings is 1. The van der Waals surface area contributed by atoms with E-state index < -0.39 is 5.79 Å². The summed E-state index contributed by atoms with van der Waals surface area (Å²) in [6.45, 7) is 0. The van der Waals surface area contributed by atoms with E-state index >= 15 is 0 Å². The highest BCUT2D eigenvalue weighted by Gasteiger charge is 2.42. The minimum absolute atomic E-state index is 0.214. The average molecular weight is 339 g/mol. The summed E-state index contributed by atoms with van der Waals surface area (Å²) in [6, 6.07) is 7.40. The number of rotatable bonds is 3. The van der Waals surface area contributed by atoms with Gasteiger partial charge in [-0.3, -0.25) is 9.89 Å². The molecular weight excluding hydrogens is 318 g/mol. The number of nitrogens with zero attached hydrogens (tertiary/aromatic N) is 1. The molecule has 0 atom stereocenters. The molecule has 6 nitrogen and oxygen atoms in total. The number of aromatic nitrogens is 2. The second-order valence-corrected chi connectivity index (χ2v) is 7.27. The maximum Gasteiger partial charge on any atom is 0.276 e. The van der Waals surface area contributed by atoms with Crippen molar-refractivity contribution >= 4 is 11.6 Å². The predicted octanol–water partition coefficient (Wildman–Crippen LogP) is 3.97. The standard InChI is InChI=1S/C19H21N3O3/c23-18(15-11-14(21-22-15)12-4-5-12)20-13-6-7-16-17(10-13)25-19(24-16)8-2-1-3-9-19/h6-7,10-12H,1-5,8-9H2,(H,20,23)(H,21,22). The summed E-state index contributed by atoms with van der Waals surface area (Å²) in [5, 5.41) is 9.98.